The first-order valence-electron chi connectivity index (χ1n) is 9.38. The molecule has 0 aromatic carbocycles. The molecule has 156 valence electrons. The predicted octanol–water partition coefficient (Wildman–Crippen LogP) is 2.42. The summed E-state index contributed by atoms with van der Waals surface area (Å²) in [5, 5.41) is 0. The second-order valence-corrected chi connectivity index (χ2v) is 6.65. The maximum Gasteiger partial charge on any atom is 0.320 e. The van der Waals surface area contributed by atoms with Crippen LogP contribution in [-0.2, 0) is 38.1 Å². The van der Waals surface area contributed by atoms with Crippen LogP contribution in [0.5, 0.6) is 0 Å². The molecule has 0 amide bonds. The largest absolute Gasteiger partial charge is 0.465 e. The van der Waals surface area contributed by atoms with E-state index in [2.05, 4.69) is 0 Å². The Kier molecular flexibility index (Phi) is 12.1. The Morgan fingerprint density at radius 1 is 0.630 bits per heavy atom. The van der Waals surface area contributed by atoms with E-state index in [1.165, 1.54) is 0 Å². The van der Waals surface area contributed by atoms with Crippen LogP contribution in [0.15, 0.2) is 0 Å². The van der Waals surface area contributed by atoms with E-state index in [0.29, 0.717) is 12.8 Å². The van der Waals surface area contributed by atoms with Crippen LogP contribution in [0.4, 0.5) is 0 Å². The van der Waals surface area contributed by atoms with Gasteiger partial charge in [-0.2, -0.15) is 0 Å². The molecule has 0 saturated carbocycles. The molecule has 0 bridgehead atoms. The minimum atomic E-state index is -1.43. The molecule has 0 heterocycles. The number of hydrogen-bond donors (Lipinski definition) is 0. The molecule has 8 heteroatoms. The molecule has 0 atom stereocenters. The standard InChI is InChI=1S/C19H32O8/c1-7-9-24-16(20)14(17(21)25-10-8-2)11-15(18(22)26-12(3)4)19(23)27-13(5)6/h12-15H,7-11H2,1-6H3. The highest BCUT2D eigenvalue weighted by molar-refractivity contribution is 5.99. The molecular weight excluding hydrogens is 356 g/mol. The summed E-state index contributed by atoms with van der Waals surface area (Å²) in [4.78, 5) is 49.3. The smallest absolute Gasteiger partial charge is 0.320 e. The van der Waals surface area contributed by atoms with Gasteiger partial charge in [-0.1, -0.05) is 13.8 Å². The van der Waals surface area contributed by atoms with Crippen molar-refractivity contribution >= 4 is 23.9 Å². The van der Waals surface area contributed by atoms with Gasteiger partial charge in [-0.25, -0.2) is 0 Å². The summed E-state index contributed by atoms with van der Waals surface area (Å²) in [6.07, 6.45) is -0.232. The van der Waals surface area contributed by atoms with Crippen molar-refractivity contribution in [2.75, 3.05) is 13.2 Å². The monoisotopic (exact) mass is 388 g/mol. The van der Waals surface area contributed by atoms with Gasteiger partial charge in [-0.3, -0.25) is 19.2 Å². The van der Waals surface area contributed by atoms with Gasteiger partial charge in [0.2, 0.25) is 0 Å². The molecule has 0 aliphatic carbocycles. The Morgan fingerprint density at radius 2 is 0.963 bits per heavy atom. The molecule has 0 N–H and O–H groups in total. The zero-order chi connectivity index (χ0) is 21.0. The predicted molar refractivity (Wildman–Crippen MR) is 96.6 cm³/mol. The SMILES string of the molecule is CCCOC(=O)C(CC(C(=O)OC(C)C)C(=O)OC(C)C)C(=O)OCCC. The molecule has 0 aliphatic rings. The van der Waals surface area contributed by atoms with Crippen molar-refractivity contribution in [1.82, 2.24) is 0 Å². The Morgan fingerprint density at radius 3 is 1.26 bits per heavy atom. The molecule has 0 saturated heterocycles. The third-order valence-corrected chi connectivity index (χ3v) is 3.21. The van der Waals surface area contributed by atoms with Crippen molar-refractivity contribution < 1.29 is 38.1 Å². The van der Waals surface area contributed by atoms with Crippen LogP contribution >= 0.6 is 0 Å². The molecule has 8 nitrogen and oxygen atoms in total. The van der Waals surface area contributed by atoms with Crippen molar-refractivity contribution in [1.29, 1.82) is 0 Å². The van der Waals surface area contributed by atoms with Gasteiger partial charge in [-0.15, -0.1) is 0 Å². The highest BCUT2D eigenvalue weighted by Crippen LogP contribution is 2.21. The Bertz CT molecular complexity index is 456. The lowest BCUT2D eigenvalue weighted by Gasteiger charge is -2.21. The number of esters is 4. The first-order valence-corrected chi connectivity index (χ1v) is 9.38. The lowest BCUT2D eigenvalue weighted by molar-refractivity contribution is -0.170. The van der Waals surface area contributed by atoms with Crippen LogP contribution in [0, 0.1) is 11.8 Å². The van der Waals surface area contributed by atoms with E-state index < -0.39 is 54.3 Å². The number of ether oxygens (including phenoxy) is 4. The lowest BCUT2D eigenvalue weighted by atomic mass is 9.94. The molecule has 0 spiro atoms. The second-order valence-electron chi connectivity index (χ2n) is 6.65. The number of carbonyl (C=O) groups is 4. The molecule has 0 unspecified atom stereocenters. The van der Waals surface area contributed by atoms with Crippen LogP contribution in [-0.4, -0.2) is 49.3 Å². The summed E-state index contributed by atoms with van der Waals surface area (Å²) < 4.78 is 20.3. The number of rotatable bonds is 12. The maximum absolute atomic E-state index is 12.4. The van der Waals surface area contributed by atoms with E-state index in [4.69, 9.17) is 18.9 Å². The number of hydrogen-bond acceptors (Lipinski definition) is 8. The maximum atomic E-state index is 12.4. The molecule has 0 rings (SSSR count). The Labute approximate surface area is 160 Å². The van der Waals surface area contributed by atoms with Crippen LogP contribution in [0.25, 0.3) is 0 Å². The van der Waals surface area contributed by atoms with Crippen molar-refractivity contribution in [3.05, 3.63) is 0 Å². The second kappa shape index (κ2) is 13.1. The van der Waals surface area contributed by atoms with E-state index >= 15 is 0 Å². The first-order chi connectivity index (χ1) is 12.6. The van der Waals surface area contributed by atoms with Crippen molar-refractivity contribution in [3.63, 3.8) is 0 Å². The summed E-state index contributed by atoms with van der Waals surface area (Å²) in [6.45, 7) is 10.4. The lowest BCUT2D eigenvalue weighted by Crippen LogP contribution is -2.37. The minimum Gasteiger partial charge on any atom is -0.465 e. The summed E-state index contributed by atoms with van der Waals surface area (Å²) in [6, 6.07) is 0. The van der Waals surface area contributed by atoms with Gasteiger partial charge >= 0.3 is 23.9 Å². The highest BCUT2D eigenvalue weighted by atomic mass is 16.6. The van der Waals surface area contributed by atoms with Gasteiger partial charge in [0.1, 0.15) is 0 Å². The third kappa shape index (κ3) is 9.96. The zero-order valence-corrected chi connectivity index (χ0v) is 17.1. The van der Waals surface area contributed by atoms with Gasteiger partial charge in [0.05, 0.1) is 25.4 Å². The molecule has 0 aromatic heterocycles. The van der Waals surface area contributed by atoms with E-state index in [0.717, 1.165) is 0 Å². The fourth-order valence-corrected chi connectivity index (χ4v) is 2.05. The van der Waals surface area contributed by atoms with Gasteiger partial charge in [0, 0.05) is 0 Å². The average Bonchev–Trinajstić information content (AvgIpc) is 2.56. The van der Waals surface area contributed by atoms with Gasteiger partial charge < -0.3 is 18.9 Å². The van der Waals surface area contributed by atoms with E-state index in [-0.39, 0.29) is 13.2 Å². The van der Waals surface area contributed by atoms with Crippen molar-refractivity contribution in [2.24, 2.45) is 11.8 Å². The summed E-state index contributed by atoms with van der Waals surface area (Å²) in [5.74, 6) is -6.22. The van der Waals surface area contributed by atoms with Crippen LogP contribution in [0.1, 0.15) is 60.8 Å². The fraction of sp³-hybridized carbons (Fsp3) is 0.789. The van der Waals surface area contributed by atoms with Gasteiger partial charge in [0.25, 0.3) is 0 Å². The molecule has 0 fully saturated rings. The van der Waals surface area contributed by atoms with Crippen molar-refractivity contribution in [3.8, 4) is 0 Å². The fourth-order valence-electron chi connectivity index (χ4n) is 2.05. The van der Waals surface area contributed by atoms with Gasteiger partial charge in [0.15, 0.2) is 11.8 Å². The van der Waals surface area contributed by atoms with Crippen LogP contribution in [0.3, 0.4) is 0 Å². The first kappa shape index (κ1) is 24.9. The van der Waals surface area contributed by atoms with E-state index in [1.54, 1.807) is 41.5 Å². The summed E-state index contributed by atoms with van der Waals surface area (Å²) >= 11 is 0. The van der Waals surface area contributed by atoms with Crippen LogP contribution < -0.4 is 0 Å². The Balaban J connectivity index is 5.51. The minimum absolute atomic E-state index is 0.119. The summed E-state index contributed by atoms with van der Waals surface area (Å²) in [7, 11) is 0. The van der Waals surface area contributed by atoms with Crippen molar-refractivity contribution in [2.45, 2.75) is 73.0 Å². The zero-order valence-electron chi connectivity index (χ0n) is 17.1. The Hall–Kier alpha value is -2.12. The highest BCUT2D eigenvalue weighted by Gasteiger charge is 2.40. The normalized spacial score (nSPS) is 11.0. The van der Waals surface area contributed by atoms with Crippen LogP contribution in [0.2, 0.25) is 0 Å². The third-order valence-electron chi connectivity index (χ3n) is 3.21. The molecular formula is C19H32O8. The number of carbonyl (C=O) groups excluding carboxylic acids is 4. The van der Waals surface area contributed by atoms with Gasteiger partial charge in [-0.05, 0) is 47.0 Å². The van der Waals surface area contributed by atoms with E-state index in [1.807, 2.05) is 0 Å². The molecule has 0 aliphatic heterocycles. The molecule has 0 radical (unpaired) electrons. The van der Waals surface area contributed by atoms with E-state index in [9.17, 15) is 19.2 Å². The molecule has 27 heavy (non-hydrogen) atoms. The topological polar surface area (TPSA) is 105 Å². The summed E-state index contributed by atoms with van der Waals surface area (Å²) in [5.41, 5.74) is 0. The molecule has 0 aromatic rings. The quantitative estimate of drug-likeness (QED) is 0.285. The average molecular weight is 388 g/mol.